The lowest BCUT2D eigenvalue weighted by molar-refractivity contribution is 0.0137. The van der Waals surface area contributed by atoms with E-state index in [4.69, 9.17) is 4.74 Å². The summed E-state index contributed by atoms with van der Waals surface area (Å²) < 4.78 is 5.65. The molecule has 0 radical (unpaired) electrons. The summed E-state index contributed by atoms with van der Waals surface area (Å²) in [5.74, 6) is 0.973. The van der Waals surface area contributed by atoms with E-state index in [1.54, 1.807) is 4.90 Å². The Labute approximate surface area is 144 Å². The van der Waals surface area contributed by atoms with Crippen LogP contribution in [0.15, 0.2) is 4.99 Å². The highest BCUT2D eigenvalue weighted by Gasteiger charge is 2.36. The number of carbonyl (C=O) groups excluding carboxylic acids is 1. The number of nitrogens with zero attached hydrogens (tertiary/aromatic N) is 3. The van der Waals surface area contributed by atoms with Gasteiger partial charge in [-0.25, -0.2) is 4.79 Å². The maximum absolute atomic E-state index is 12.2. The van der Waals surface area contributed by atoms with E-state index in [1.807, 2.05) is 32.5 Å². The van der Waals surface area contributed by atoms with Crippen molar-refractivity contribution >= 4 is 23.8 Å². The molecule has 0 aromatic rings. The van der Waals surface area contributed by atoms with Crippen LogP contribution in [0.4, 0.5) is 4.79 Å². The average Bonchev–Trinajstić information content (AvgIpc) is 2.85. The van der Waals surface area contributed by atoms with Crippen LogP contribution in [-0.2, 0) is 4.74 Å². The van der Waals surface area contributed by atoms with Gasteiger partial charge < -0.3 is 19.9 Å². The molecule has 1 amide bonds. The Morgan fingerprint density at radius 1 is 1.35 bits per heavy atom. The van der Waals surface area contributed by atoms with E-state index in [2.05, 4.69) is 35.3 Å². The summed E-state index contributed by atoms with van der Waals surface area (Å²) in [6.45, 7) is 13.9. The molecule has 1 N–H and O–H groups in total. The van der Waals surface area contributed by atoms with Crippen molar-refractivity contribution in [3.05, 3.63) is 0 Å². The molecule has 1 saturated heterocycles. The van der Waals surface area contributed by atoms with Crippen LogP contribution in [0.5, 0.6) is 0 Å². The summed E-state index contributed by atoms with van der Waals surface area (Å²) in [7, 11) is 0. The molecule has 6 nitrogen and oxygen atoms in total. The molecule has 0 aromatic heterocycles. The fourth-order valence-electron chi connectivity index (χ4n) is 2.59. The van der Waals surface area contributed by atoms with Crippen molar-refractivity contribution in [1.82, 2.24) is 15.1 Å². The Hall–Kier alpha value is -1.11. The van der Waals surface area contributed by atoms with Gasteiger partial charge in [-0.2, -0.15) is 11.8 Å². The maximum atomic E-state index is 12.2. The van der Waals surface area contributed by atoms with Crippen molar-refractivity contribution in [3.63, 3.8) is 0 Å². The first kappa shape index (κ1) is 18.2. The van der Waals surface area contributed by atoms with Crippen LogP contribution in [0.3, 0.4) is 0 Å². The number of guanidine groups is 1. The van der Waals surface area contributed by atoms with Gasteiger partial charge >= 0.3 is 6.09 Å². The van der Waals surface area contributed by atoms with E-state index in [0.29, 0.717) is 13.1 Å². The summed E-state index contributed by atoms with van der Waals surface area (Å²) >= 11 is 1.84. The van der Waals surface area contributed by atoms with Crippen molar-refractivity contribution in [2.45, 2.75) is 51.0 Å². The van der Waals surface area contributed by atoms with Crippen molar-refractivity contribution in [1.29, 1.82) is 0 Å². The average molecular weight is 343 g/mol. The molecule has 0 aromatic carbocycles. The van der Waals surface area contributed by atoms with Gasteiger partial charge in [0.25, 0.3) is 0 Å². The van der Waals surface area contributed by atoms with E-state index in [9.17, 15) is 4.79 Å². The zero-order valence-electron chi connectivity index (χ0n) is 15.2. The van der Waals surface area contributed by atoms with Gasteiger partial charge in [-0.05, 0) is 40.9 Å². The van der Waals surface area contributed by atoms with E-state index >= 15 is 0 Å². The Balaban J connectivity index is 1.86. The zero-order chi connectivity index (χ0) is 17.3. The SMILES string of the molecule is CSC(C)(C)CNC1=NCC2CN(C(=O)OC(C)(C)C)CCN12. The summed E-state index contributed by atoms with van der Waals surface area (Å²) in [6, 6.07) is 0.260. The van der Waals surface area contributed by atoms with E-state index in [0.717, 1.165) is 25.6 Å². The van der Waals surface area contributed by atoms with Crippen molar-refractivity contribution in [3.8, 4) is 0 Å². The molecule has 2 rings (SSSR count). The third-order valence-electron chi connectivity index (χ3n) is 4.08. The third-order valence-corrected chi connectivity index (χ3v) is 5.33. The Bertz CT molecular complexity index is 473. The minimum atomic E-state index is -0.448. The second-order valence-corrected chi connectivity index (χ2v) is 9.27. The lowest BCUT2D eigenvalue weighted by Gasteiger charge is -2.39. The number of nitrogens with one attached hydrogen (secondary N) is 1. The second-order valence-electron chi connectivity index (χ2n) is 7.76. The molecule has 0 aliphatic carbocycles. The van der Waals surface area contributed by atoms with Gasteiger partial charge in [0.1, 0.15) is 5.60 Å². The molecule has 1 atom stereocenters. The fraction of sp³-hybridized carbons (Fsp3) is 0.875. The number of hydrogen-bond acceptors (Lipinski definition) is 6. The molecule has 132 valence electrons. The van der Waals surface area contributed by atoms with Crippen LogP contribution < -0.4 is 5.32 Å². The lowest BCUT2D eigenvalue weighted by atomic mass is 10.2. The van der Waals surface area contributed by atoms with Crippen LogP contribution in [0.1, 0.15) is 34.6 Å². The quantitative estimate of drug-likeness (QED) is 0.850. The summed E-state index contributed by atoms with van der Waals surface area (Å²) in [5, 5.41) is 3.47. The van der Waals surface area contributed by atoms with Gasteiger partial charge in [0, 0.05) is 30.9 Å². The minimum absolute atomic E-state index is 0.180. The number of amides is 1. The number of hydrogen-bond donors (Lipinski definition) is 1. The van der Waals surface area contributed by atoms with Gasteiger partial charge in [0.2, 0.25) is 0 Å². The highest BCUT2D eigenvalue weighted by atomic mass is 32.2. The topological polar surface area (TPSA) is 57.2 Å². The third kappa shape index (κ3) is 4.93. The van der Waals surface area contributed by atoms with E-state index in [-0.39, 0.29) is 16.9 Å². The first-order valence-corrected chi connectivity index (χ1v) is 9.42. The van der Waals surface area contributed by atoms with Gasteiger partial charge in [0.15, 0.2) is 5.96 Å². The van der Waals surface area contributed by atoms with Crippen molar-refractivity contribution < 1.29 is 9.53 Å². The molecule has 0 bridgehead atoms. The number of piperazine rings is 1. The molecule has 23 heavy (non-hydrogen) atoms. The highest BCUT2D eigenvalue weighted by Crippen LogP contribution is 2.22. The van der Waals surface area contributed by atoms with Gasteiger partial charge in [-0.15, -0.1) is 0 Å². The first-order valence-electron chi connectivity index (χ1n) is 8.19. The standard InChI is InChI=1S/C16H30N4O2S/c1-15(2,3)22-14(21)19-7-8-20-12(10-19)9-17-13(20)18-11-16(4,5)23-6/h12H,7-11H2,1-6H3,(H,17,18). The predicted molar refractivity (Wildman–Crippen MR) is 96.2 cm³/mol. The normalized spacial score (nSPS) is 21.8. The van der Waals surface area contributed by atoms with Gasteiger partial charge in [-0.1, -0.05) is 0 Å². The first-order chi connectivity index (χ1) is 10.6. The van der Waals surface area contributed by atoms with E-state index in [1.165, 1.54) is 0 Å². The van der Waals surface area contributed by atoms with Crippen LogP contribution in [0.25, 0.3) is 0 Å². The summed E-state index contributed by atoms with van der Waals surface area (Å²) in [6.07, 6.45) is 1.91. The van der Waals surface area contributed by atoms with Gasteiger partial charge in [-0.3, -0.25) is 4.99 Å². The smallest absolute Gasteiger partial charge is 0.410 e. The monoisotopic (exact) mass is 342 g/mol. The van der Waals surface area contributed by atoms with Crippen LogP contribution in [0.2, 0.25) is 0 Å². The minimum Gasteiger partial charge on any atom is -0.444 e. The Morgan fingerprint density at radius 2 is 2.04 bits per heavy atom. The second kappa shape index (κ2) is 6.79. The molecule has 1 fully saturated rings. The van der Waals surface area contributed by atoms with Crippen LogP contribution >= 0.6 is 11.8 Å². The molecule has 0 saturated carbocycles. The summed E-state index contributed by atoms with van der Waals surface area (Å²) in [5.41, 5.74) is -0.448. The fourth-order valence-corrected chi connectivity index (χ4v) is 2.80. The summed E-state index contributed by atoms with van der Waals surface area (Å²) in [4.78, 5) is 20.9. The molecule has 1 unspecified atom stereocenters. The number of carbonyl (C=O) groups is 1. The lowest BCUT2D eigenvalue weighted by Crippen LogP contribution is -2.58. The van der Waals surface area contributed by atoms with Crippen molar-refractivity contribution in [2.75, 3.05) is 39.0 Å². The van der Waals surface area contributed by atoms with E-state index < -0.39 is 5.60 Å². The molecule has 7 heteroatoms. The molecule has 2 aliphatic rings. The Kier molecular flexibility index (Phi) is 5.38. The largest absolute Gasteiger partial charge is 0.444 e. The molecular weight excluding hydrogens is 312 g/mol. The number of rotatable bonds is 3. The Morgan fingerprint density at radius 3 is 2.65 bits per heavy atom. The van der Waals surface area contributed by atoms with Crippen LogP contribution in [-0.4, -0.2) is 77.2 Å². The van der Waals surface area contributed by atoms with Gasteiger partial charge in [0.05, 0.1) is 12.6 Å². The predicted octanol–water partition coefficient (Wildman–Crippen LogP) is 2.01. The zero-order valence-corrected chi connectivity index (χ0v) is 16.0. The highest BCUT2D eigenvalue weighted by molar-refractivity contribution is 7.99. The molecular formula is C16H30N4O2S. The molecule has 2 aliphatic heterocycles. The molecule has 0 spiro atoms. The van der Waals surface area contributed by atoms with Crippen molar-refractivity contribution in [2.24, 2.45) is 4.99 Å². The molecule has 2 heterocycles. The maximum Gasteiger partial charge on any atom is 0.410 e. The number of ether oxygens (including phenoxy) is 1. The van der Waals surface area contributed by atoms with Crippen LogP contribution in [0, 0.1) is 0 Å². The number of fused-ring (bicyclic) bond motifs is 1. The number of aliphatic imine (C=N–C) groups is 1. The number of thioether (sulfide) groups is 1.